The Hall–Kier alpha value is -2.95. The van der Waals surface area contributed by atoms with E-state index in [1.54, 1.807) is 24.3 Å². The highest BCUT2D eigenvalue weighted by molar-refractivity contribution is 6.23. The van der Waals surface area contributed by atoms with Crippen LogP contribution in [-0.4, -0.2) is 28.7 Å². The fourth-order valence-corrected chi connectivity index (χ4v) is 3.41. The average molecular weight is 364 g/mol. The Bertz CT molecular complexity index is 885. The standard InChI is InChI=1S/C22H24N2O3/c1-5-13(2)19(20(25)23-18-12-8-9-14(3)15(18)4)24-21(26)16-10-6-7-11-17(16)22(24)27/h6-13,19H,5H2,1-4H3,(H,23,25)/t13-,19-/m0/s1. The van der Waals surface area contributed by atoms with E-state index in [4.69, 9.17) is 0 Å². The number of nitrogens with one attached hydrogen (secondary N) is 1. The van der Waals surface area contributed by atoms with Gasteiger partial charge in [0.05, 0.1) is 11.1 Å². The Labute approximate surface area is 159 Å². The maximum absolute atomic E-state index is 13.1. The fraction of sp³-hybridized carbons (Fsp3) is 0.318. The lowest BCUT2D eigenvalue weighted by molar-refractivity contribution is -0.121. The summed E-state index contributed by atoms with van der Waals surface area (Å²) in [6, 6.07) is 11.5. The number of amides is 3. The van der Waals surface area contributed by atoms with Gasteiger partial charge in [0.25, 0.3) is 11.8 Å². The van der Waals surface area contributed by atoms with Crippen molar-refractivity contribution in [2.24, 2.45) is 5.92 Å². The smallest absolute Gasteiger partial charge is 0.262 e. The highest BCUT2D eigenvalue weighted by Crippen LogP contribution is 2.29. The first-order valence-corrected chi connectivity index (χ1v) is 9.20. The quantitative estimate of drug-likeness (QED) is 0.817. The number of fused-ring (bicyclic) bond motifs is 1. The maximum atomic E-state index is 13.1. The number of imide groups is 1. The second-order valence-electron chi connectivity index (χ2n) is 7.09. The summed E-state index contributed by atoms with van der Waals surface area (Å²) >= 11 is 0. The van der Waals surface area contributed by atoms with Crippen LogP contribution in [0.1, 0.15) is 52.1 Å². The summed E-state index contributed by atoms with van der Waals surface area (Å²) in [6.45, 7) is 7.74. The van der Waals surface area contributed by atoms with E-state index < -0.39 is 17.9 Å². The van der Waals surface area contributed by atoms with Gasteiger partial charge >= 0.3 is 0 Å². The molecule has 1 aliphatic heterocycles. The zero-order valence-corrected chi connectivity index (χ0v) is 16.1. The molecule has 2 aromatic carbocycles. The van der Waals surface area contributed by atoms with Crippen molar-refractivity contribution in [2.45, 2.75) is 40.2 Å². The Morgan fingerprint density at radius 1 is 1.00 bits per heavy atom. The van der Waals surface area contributed by atoms with Crippen LogP contribution in [0.25, 0.3) is 0 Å². The van der Waals surface area contributed by atoms with Gasteiger partial charge < -0.3 is 5.32 Å². The predicted molar refractivity (Wildman–Crippen MR) is 105 cm³/mol. The lowest BCUT2D eigenvalue weighted by Gasteiger charge is -2.30. The fourth-order valence-electron chi connectivity index (χ4n) is 3.41. The molecule has 0 saturated heterocycles. The summed E-state index contributed by atoms with van der Waals surface area (Å²) in [5.41, 5.74) is 3.44. The van der Waals surface area contributed by atoms with Crippen molar-refractivity contribution in [3.8, 4) is 0 Å². The molecule has 0 radical (unpaired) electrons. The summed E-state index contributed by atoms with van der Waals surface area (Å²) < 4.78 is 0. The second kappa shape index (κ2) is 7.35. The zero-order valence-electron chi connectivity index (χ0n) is 16.1. The Morgan fingerprint density at radius 2 is 1.59 bits per heavy atom. The van der Waals surface area contributed by atoms with Gasteiger partial charge in [-0.2, -0.15) is 0 Å². The minimum atomic E-state index is -0.859. The number of nitrogens with zero attached hydrogens (tertiary/aromatic N) is 1. The van der Waals surface area contributed by atoms with Gasteiger partial charge in [-0.15, -0.1) is 0 Å². The van der Waals surface area contributed by atoms with Crippen LogP contribution in [-0.2, 0) is 4.79 Å². The first-order chi connectivity index (χ1) is 12.9. The van der Waals surface area contributed by atoms with Crippen LogP contribution < -0.4 is 5.32 Å². The largest absolute Gasteiger partial charge is 0.324 e. The van der Waals surface area contributed by atoms with E-state index in [1.807, 2.05) is 45.9 Å². The van der Waals surface area contributed by atoms with Gasteiger partial charge in [-0.1, -0.05) is 44.5 Å². The van der Waals surface area contributed by atoms with Crippen molar-refractivity contribution in [3.63, 3.8) is 0 Å². The molecule has 1 N–H and O–H groups in total. The van der Waals surface area contributed by atoms with Gasteiger partial charge in [0.1, 0.15) is 6.04 Å². The molecule has 0 saturated carbocycles. The number of rotatable bonds is 5. The van der Waals surface area contributed by atoms with E-state index in [2.05, 4.69) is 5.32 Å². The Morgan fingerprint density at radius 3 is 2.15 bits per heavy atom. The molecular weight excluding hydrogens is 340 g/mol. The van der Waals surface area contributed by atoms with Crippen LogP contribution in [0.3, 0.4) is 0 Å². The van der Waals surface area contributed by atoms with Crippen LogP contribution in [0.15, 0.2) is 42.5 Å². The second-order valence-corrected chi connectivity index (χ2v) is 7.09. The van der Waals surface area contributed by atoms with E-state index in [9.17, 15) is 14.4 Å². The highest BCUT2D eigenvalue weighted by Gasteiger charge is 2.44. The van der Waals surface area contributed by atoms with Crippen molar-refractivity contribution >= 4 is 23.4 Å². The molecule has 5 heteroatoms. The molecule has 1 aliphatic rings. The summed E-state index contributed by atoms with van der Waals surface area (Å²) in [6.07, 6.45) is 0.665. The third-order valence-corrected chi connectivity index (χ3v) is 5.42. The van der Waals surface area contributed by atoms with E-state index in [-0.39, 0.29) is 11.8 Å². The van der Waals surface area contributed by atoms with E-state index in [1.165, 1.54) is 0 Å². The molecule has 0 fully saturated rings. The number of carbonyl (C=O) groups excluding carboxylic acids is 3. The minimum absolute atomic E-state index is 0.169. The summed E-state index contributed by atoms with van der Waals surface area (Å²) in [7, 11) is 0. The molecule has 0 bridgehead atoms. The van der Waals surface area contributed by atoms with Crippen LogP contribution in [0, 0.1) is 19.8 Å². The Balaban J connectivity index is 1.96. The van der Waals surface area contributed by atoms with Gasteiger partial charge in [0.15, 0.2) is 0 Å². The normalized spacial score (nSPS) is 15.5. The van der Waals surface area contributed by atoms with Crippen molar-refractivity contribution < 1.29 is 14.4 Å². The molecule has 140 valence electrons. The van der Waals surface area contributed by atoms with Crippen LogP contribution in [0.4, 0.5) is 5.69 Å². The molecule has 0 spiro atoms. The highest BCUT2D eigenvalue weighted by atomic mass is 16.2. The van der Waals surface area contributed by atoms with E-state index in [0.717, 1.165) is 16.0 Å². The zero-order chi connectivity index (χ0) is 19.7. The monoisotopic (exact) mass is 364 g/mol. The third kappa shape index (κ3) is 3.25. The van der Waals surface area contributed by atoms with Gasteiger partial charge in [-0.3, -0.25) is 19.3 Å². The minimum Gasteiger partial charge on any atom is -0.324 e. The van der Waals surface area contributed by atoms with Crippen molar-refractivity contribution in [3.05, 3.63) is 64.7 Å². The number of carbonyl (C=O) groups is 3. The van der Waals surface area contributed by atoms with E-state index in [0.29, 0.717) is 23.2 Å². The van der Waals surface area contributed by atoms with Crippen molar-refractivity contribution in [2.75, 3.05) is 5.32 Å². The number of hydrogen-bond donors (Lipinski definition) is 1. The number of anilines is 1. The molecule has 0 aromatic heterocycles. The third-order valence-electron chi connectivity index (χ3n) is 5.42. The average Bonchev–Trinajstić information content (AvgIpc) is 2.91. The SMILES string of the molecule is CC[C@H](C)[C@@H](C(=O)Nc1cccc(C)c1C)N1C(=O)c2ccccc2C1=O. The molecule has 0 unspecified atom stereocenters. The molecule has 27 heavy (non-hydrogen) atoms. The van der Waals surface area contributed by atoms with Crippen molar-refractivity contribution in [1.82, 2.24) is 4.90 Å². The summed E-state index contributed by atoms with van der Waals surface area (Å²) in [5, 5.41) is 2.93. The first kappa shape index (κ1) is 18.8. The maximum Gasteiger partial charge on any atom is 0.262 e. The van der Waals surface area contributed by atoms with Gasteiger partial charge in [-0.05, 0) is 49.1 Å². The topological polar surface area (TPSA) is 66.5 Å². The molecule has 0 aliphatic carbocycles. The molecule has 3 amide bonds. The lowest BCUT2D eigenvalue weighted by Crippen LogP contribution is -2.50. The van der Waals surface area contributed by atoms with Gasteiger partial charge in [0, 0.05) is 5.69 Å². The summed E-state index contributed by atoms with van der Waals surface area (Å²) in [4.78, 5) is 40.0. The Kier molecular flexibility index (Phi) is 5.13. The van der Waals surface area contributed by atoms with Crippen LogP contribution in [0.2, 0.25) is 0 Å². The number of aryl methyl sites for hydroxylation is 1. The van der Waals surface area contributed by atoms with Crippen molar-refractivity contribution in [1.29, 1.82) is 0 Å². The molecule has 5 nitrogen and oxygen atoms in total. The van der Waals surface area contributed by atoms with Crippen LogP contribution >= 0.6 is 0 Å². The first-order valence-electron chi connectivity index (χ1n) is 9.20. The lowest BCUT2D eigenvalue weighted by atomic mass is 9.96. The predicted octanol–water partition coefficient (Wildman–Crippen LogP) is 3.95. The number of hydrogen-bond acceptors (Lipinski definition) is 3. The molecular formula is C22H24N2O3. The number of benzene rings is 2. The summed E-state index contributed by atoms with van der Waals surface area (Å²) in [5.74, 6) is -1.32. The van der Waals surface area contributed by atoms with Crippen LogP contribution in [0.5, 0.6) is 0 Å². The molecule has 2 aromatic rings. The molecule has 2 atom stereocenters. The molecule has 1 heterocycles. The van der Waals surface area contributed by atoms with Gasteiger partial charge in [-0.25, -0.2) is 0 Å². The molecule has 3 rings (SSSR count). The van der Waals surface area contributed by atoms with E-state index >= 15 is 0 Å². The van der Waals surface area contributed by atoms with Gasteiger partial charge in [0.2, 0.25) is 5.91 Å².